The predicted octanol–water partition coefficient (Wildman–Crippen LogP) is 0.558. The molecule has 1 saturated heterocycles. The second-order valence-corrected chi connectivity index (χ2v) is 6.41. The highest BCUT2D eigenvalue weighted by molar-refractivity contribution is 8.14. The highest BCUT2D eigenvalue weighted by atomic mass is 32.2. The molecular weight excluding hydrogens is 304 g/mol. The van der Waals surface area contributed by atoms with E-state index in [9.17, 15) is 14.4 Å². The van der Waals surface area contributed by atoms with Gasteiger partial charge in [-0.2, -0.15) is 0 Å². The lowest BCUT2D eigenvalue weighted by molar-refractivity contribution is -0.524. The minimum Gasteiger partial charge on any atom is -0.299 e. The summed E-state index contributed by atoms with van der Waals surface area (Å²) in [4.78, 5) is 42.6. The lowest BCUT2D eigenvalue weighted by Gasteiger charge is -2.30. The molecule has 0 radical (unpaired) electrons. The largest absolute Gasteiger partial charge is 0.358 e. The van der Waals surface area contributed by atoms with Gasteiger partial charge < -0.3 is 0 Å². The Hall–Kier alpha value is -1.96. The van der Waals surface area contributed by atoms with E-state index in [1.807, 2.05) is 6.92 Å². The van der Waals surface area contributed by atoms with Crippen LogP contribution in [0.2, 0.25) is 0 Å². The van der Waals surface area contributed by atoms with Crippen molar-refractivity contribution in [3.63, 3.8) is 0 Å². The van der Waals surface area contributed by atoms with Crippen molar-refractivity contribution < 1.29 is 19.0 Å². The Bertz CT molecular complexity index is 638. The normalized spacial score (nSPS) is 21.3. The van der Waals surface area contributed by atoms with Gasteiger partial charge in [-0.15, -0.1) is 0 Å². The van der Waals surface area contributed by atoms with Crippen molar-refractivity contribution in [3.8, 4) is 0 Å². The van der Waals surface area contributed by atoms with Crippen LogP contribution in [0.1, 0.15) is 13.8 Å². The van der Waals surface area contributed by atoms with E-state index < -0.39 is 12.1 Å². The lowest BCUT2D eigenvalue weighted by atomic mass is 10.1. The van der Waals surface area contributed by atoms with E-state index in [-0.39, 0.29) is 17.4 Å². The molecule has 7 nitrogen and oxygen atoms in total. The maximum absolute atomic E-state index is 12.5. The first kappa shape index (κ1) is 16.4. The van der Waals surface area contributed by atoms with Gasteiger partial charge in [-0.1, -0.05) is 6.58 Å². The number of hydrogen-bond acceptors (Lipinski definition) is 5. The summed E-state index contributed by atoms with van der Waals surface area (Å²) < 4.78 is 1.80. The number of carbonyl (C=O) groups excluding carboxylic acids is 3. The van der Waals surface area contributed by atoms with Gasteiger partial charge in [0.05, 0.1) is 5.75 Å². The molecule has 8 heteroatoms. The van der Waals surface area contributed by atoms with Crippen molar-refractivity contribution in [1.82, 2.24) is 9.80 Å². The van der Waals surface area contributed by atoms with E-state index in [4.69, 9.17) is 0 Å². The van der Waals surface area contributed by atoms with Crippen LogP contribution in [0, 0.1) is 0 Å². The number of imide groups is 1. The number of fused-ring (bicyclic) bond motifs is 1. The first-order chi connectivity index (χ1) is 10.2. The number of nitrogens with zero attached hydrogens (tertiary/aromatic N) is 4. The van der Waals surface area contributed by atoms with Gasteiger partial charge in [-0.25, -0.2) is 9.37 Å². The summed E-state index contributed by atoms with van der Waals surface area (Å²) in [7, 11) is 3.05. The summed E-state index contributed by atoms with van der Waals surface area (Å²) in [6.07, 6.45) is 0. The Balaban J connectivity index is 2.42. The first-order valence-electron chi connectivity index (χ1n) is 6.78. The number of urea groups is 1. The molecule has 0 aromatic heterocycles. The number of hydrogen-bond donors (Lipinski definition) is 0. The third kappa shape index (κ3) is 2.83. The number of ketones is 1. The molecule has 118 valence electrons. The molecule has 2 aliphatic heterocycles. The van der Waals surface area contributed by atoms with Gasteiger partial charge in [0.1, 0.15) is 12.3 Å². The topological polar surface area (TPSA) is 73.1 Å². The minimum atomic E-state index is -0.640. The fraction of sp³-hybridized carbons (Fsp3) is 0.500. The molecular formula is C14H19N4O3S+. The van der Waals surface area contributed by atoms with Crippen LogP contribution < -0.4 is 0 Å². The average Bonchev–Trinajstić information content (AvgIpc) is 2.78. The Morgan fingerprint density at radius 2 is 1.95 bits per heavy atom. The highest BCUT2D eigenvalue weighted by Gasteiger charge is 2.53. The molecule has 22 heavy (non-hydrogen) atoms. The molecule has 2 heterocycles. The minimum absolute atomic E-state index is 0.0238. The van der Waals surface area contributed by atoms with Gasteiger partial charge in [0.25, 0.3) is 17.8 Å². The molecule has 1 atom stereocenters. The molecule has 0 bridgehead atoms. The van der Waals surface area contributed by atoms with Gasteiger partial charge >= 0.3 is 11.2 Å². The SMILES string of the molecule is C=C(C)C[N+]1=C(SCC(C)=O)N=C2C1C(=O)N(C)C(=O)N2C. The van der Waals surface area contributed by atoms with Gasteiger partial charge in [0, 0.05) is 14.1 Å². The molecule has 0 aliphatic carbocycles. The molecule has 0 saturated carbocycles. The molecule has 2 aliphatic rings. The Morgan fingerprint density at radius 1 is 1.32 bits per heavy atom. The summed E-state index contributed by atoms with van der Waals surface area (Å²) in [5.74, 6) is 0.380. The van der Waals surface area contributed by atoms with Crippen molar-refractivity contribution in [1.29, 1.82) is 0 Å². The number of Topliss-reactive ketones (excluding diaryl/α,β-unsaturated/α-hetero) is 1. The number of amidine groups is 2. The van der Waals surface area contributed by atoms with E-state index in [1.54, 1.807) is 11.6 Å². The van der Waals surface area contributed by atoms with Crippen molar-refractivity contribution in [3.05, 3.63) is 12.2 Å². The number of amides is 3. The fourth-order valence-electron chi connectivity index (χ4n) is 2.31. The highest BCUT2D eigenvalue weighted by Crippen LogP contribution is 2.23. The van der Waals surface area contributed by atoms with Gasteiger partial charge in [0.2, 0.25) is 0 Å². The van der Waals surface area contributed by atoms with Gasteiger partial charge in [-0.3, -0.25) is 19.4 Å². The summed E-state index contributed by atoms with van der Waals surface area (Å²) in [6, 6.07) is -1.05. The van der Waals surface area contributed by atoms with Crippen LogP contribution in [0.4, 0.5) is 4.79 Å². The number of carbonyl (C=O) groups is 3. The smallest absolute Gasteiger partial charge is 0.299 e. The van der Waals surface area contributed by atoms with Crippen molar-refractivity contribution in [2.75, 3.05) is 26.4 Å². The van der Waals surface area contributed by atoms with Crippen LogP contribution in [-0.4, -0.2) is 75.5 Å². The number of likely N-dealkylation sites (N-methyl/N-ethyl adjacent to an activating group) is 2. The van der Waals surface area contributed by atoms with E-state index in [0.717, 1.165) is 10.5 Å². The van der Waals surface area contributed by atoms with Crippen LogP contribution >= 0.6 is 11.8 Å². The summed E-state index contributed by atoms with van der Waals surface area (Å²) in [5, 5.41) is 0.571. The van der Waals surface area contributed by atoms with Crippen LogP contribution in [0.25, 0.3) is 0 Å². The van der Waals surface area contributed by atoms with Crippen LogP contribution in [-0.2, 0) is 9.59 Å². The Kier molecular flexibility index (Phi) is 4.50. The van der Waals surface area contributed by atoms with E-state index >= 15 is 0 Å². The summed E-state index contributed by atoms with van der Waals surface area (Å²) in [6.45, 7) is 7.68. The second kappa shape index (κ2) is 6.04. The van der Waals surface area contributed by atoms with Crippen LogP contribution in [0.3, 0.4) is 0 Å². The van der Waals surface area contributed by atoms with Crippen LogP contribution in [0.15, 0.2) is 17.1 Å². The first-order valence-corrected chi connectivity index (χ1v) is 7.76. The van der Waals surface area contributed by atoms with Crippen molar-refractivity contribution in [2.24, 2.45) is 4.99 Å². The zero-order chi connectivity index (χ0) is 16.6. The zero-order valence-corrected chi connectivity index (χ0v) is 13.9. The van der Waals surface area contributed by atoms with E-state index in [1.165, 1.54) is 30.6 Å². The number of rotatable bonds is 4. The maximum Gasteiger partial charge on any atom is 0.358 e. The summed E-state index contributed by atoms with van der Waals surface area (Å²) in [5.41, 5.74) is 0.868. The molecule has 0 spiro atoms. The molecule has 2 rings (SSSR count). The zero-order valence-electron chi connectivity index (χ0n) is 13.1. The predicted molar refractivity (Wildman–Crippen MR) is 85.2 cm³/mol. The molecule has 0 aromatic rings. The standard InChI is InChI=1S/C14H19N4O3S/c1-8(2)6-18-10-11(15-13(18)22-7-9(3)19)16(4)14(21)17(5)12(10)20/h10H,1,6-7H2,2-5H3/q+1. The number of thioether (sulfide) groups is 1. The van der Waals surface area contributed by atoms with Crippen molar-refractivity contribution >= 4 is 40.5 Å². The monoisotopic (exact) mass is 323 g/mol. The van der Waals surface area contributed by atoms with E-state index in [2.05, 4.69) is 11.6 Å². The average molecular weight is 323 g/mol. The summed E-state index contributed by atoms with van der Waals surface area (Å²) >= 11 is 1.27. The number of aliphatic imine (C=N–C) groups is 1. The van der Waals surface area contributed by atoms with E-state index in [0.29, 0.717) is 17.5 Å². The molecule has 3 amide bonds. The third-order valence-corrected chi connectivity index (χ3v) is 4.47. The molecule has 0 N–H and O–H groups in total. The second-order valence-electron chi connectivity index (χ2n) is 5.47. The maximum atomic E-state index is 12.5. The quantitative estimate of drug-likeness (QED) is 0.560. The Morgan fingerprint density at radius 3 is 2.50 bits per heavy atom. The van der Waals surface area contributed by atoms with Crippen LogP contribution in [0.5, 0.6) is 0 Å². The molecule has 0 aromatic carbocycles. The van der Waals surface area contributed by atoms with Crippen molar-refractivity contribution in [2.45, 2.75) is 19.9 Å². The Labute approximate surface area is 133 Å². The fourth-order valence-corrected chi connectivity index (χ4v) is 3.13. The molecule has 1 fully saturated rings. The van der Waals surface area contributed by atoms with Gasteiger partial charge in [0.15, 0.2) is 0 Å². The van der Waals surface area contributed by atoms with Gasteiger partial charge in [-0.05, 0) is 36.2 Å². The third-order valence-electron chi connectivity index (χ3n) is 3.34. The molecule has 1 unspecified atom stereocenters. The lowest BCUT2D eigenvalue weighted by Crippen LogP contribution is -2.61.